The van der Waals surface area contributed by atoms with E-state index in [0.717, 1.165) is 36.3 Å². The molecule has 3 nitrogen and oxygen atoms in total. The normalized spacial score (nSPS) is 26.7. The minimum atomic E-state index is 0.749. The monoisotopic (exact) mass is 205 g/mol. The van der Waals surface area contributed by atoms with Crippen LogP contribution < -0.4 is 10.6 Å². The largest absolute Gasteiger partial charge is 0.397 e. The van der Waals surface area contributed by atoms with Crippen molar-refractivity contribution in [3.63, 3.8) is 0 Å². The van der Waals surface area contributed by atoms with Gasteiger partial charge in [-0.1, -0.05) is 13.8 Å². The summed E-state index contributed by atoms with van der Waals surface area (Å²) >= 11 is 0. The van der Waals surface area contributed by atoms with E-state index in [1.807, 2.05) is 12.3 Å². The predicted molar refractivity (Wildman–Crippen MR) is 63.8 cm³/mol. The van der Waals surface area contributed by atoms with Crippen LogP contribution in [0.5, 0.6) is 0 Å². The van der Waals surface area contributed by atoms with Gasteiger partial charge in [-0.2, -0.15) is 0 Å². The fourth-order valence-electron chi connectivity index (χ4n) is 2.12. The SMILES string of the molecule is CC1CCN(c2cncc(N)c2)CC1C. The molecule has 15 heavy (non-hydrogen) atoms. The Labute approximate surface area is 91.3 Å². The fraction of sp³-hybridized carbons (Fsp3) is 0.583. The summed E-state index contributed by atoms with van der Waals surface area (Å²) in [6.07, 6.45) is 4.86. The predicted octanol–water partition coefficient (Wildman–Crippen LogP) is 2.15. The number of rotatable bonds is 1. The molecule has 1 aromatic heterocycles. The summed E-state index contributed by atoms with van der Waals surface area (Å²) in [5.41, 5.74) is 7.65. The van der Waals surface area contributed by atoms with Crippen molar-refractivity contribution in [1.82, 2.24) is 4.98 Å². The minimum absolute atomic E-state index is 0.749. The number of anilines is 2. The molecule has 1 fully saturated rings. The van der Waals surface area contributed by atoms with E-state index >= 15 is 0 Å². The summed E-state index contributed by atoms with van der Waals surface area (Å²) < 4.78 is 0. The van der Waals surface area contributed by atoms with Crippen LogP contribution in [0.25, 0.3) is 0 Å². The van der Waals surface area contributed by atoms with Gasteiger partial charge in [0.25, 0.3) is 0 Å². The molecule has 0 amide bonds. The quantitative estimate of drug-likeness (QED) is 0.763. The van der Waals surface area contributed by atoms with E-state index in [-0.39, 0.29) is 0 Å². The molecule has 1 aliphatic heterocycles. The summed E-state index contributed by atoms with van der Waals surface area (Å²) in [7, 11) is 0. The number of nitrogens with two attached hydrogens (primary N) is 1. The summed E-state index contributed by atoms with van der Waals surface area (Å²) in [6.45, 7) is 6.89. The fourth-order valence-corrected chi connectivity index (χ4v) is 2.12. The zero-order valence-electron chi connectivity index (χ0n) is 9.48. The third-order valence-electron chi connectivity index (χ3n) is 3.44. The zero-order chi connectivity index (χ0) is 10.8. The molecule has 0 radical (unpaired) electrons. The van der Waals surface area contributed by atoms with Crippen LogP contribution in [-0.2, 0) is 0 Å². The van der Waals surface area contributed by atoms with Gasteiger partial charge in [-0.3, -0.25) is 4.98 Å². The van der Waals surface area contributed by atoms with Gasteiger partial charge in [0.1, 0.15) is 0 Å². The average molecular weight is 205 g/mol. The molecular formula is C12H19N3. The molecule has 2 N–H and O–H groups in total. The van der Waals surface area contributed by atoms with Gasteiger partial charge in [-0.15, -0.1) is 0 Å². The van der Waals surface area contributed by atoms with Crippen molar-refractivity contribution < 1.29 is 0 Å². The smallest absolute Gasteiger partial charge is 0.0573 e. The van der Waals surface area contributed by atoms with E-state index in [0.29, 0.717) is 0 Å². The maximum atomic E-state index is 5.74. The first-order valence-corrected chi connectivity index (χ1v) is 5.62. The van der Waals surface area contributed by atoms with Gasteiger partial charge in [0.05, 0.1) is 17.6 Å². The molecule has 0 aromatic carbocycles. The Kier molecular flexibility index (Phi) is 2.80. The summed E-state index contributed by atoms with van der Waals surface area (Å²) in [4.78, 5) is 6.52. The van der Waals surface area contributed by atoms with Crippen LogP contribution in [0.3, 0.4) is 0 Å². The van der Waals surface area contributed by atoms with E-state index in [1.165, 1.54) is 6.42 Å². The number of hydrogen-bond donors (Lipinski definition) is 1. The lowest BCUT2D eigenvalue weighted by Crippen LogP contribution is -2.38. The summed E-state index contributed by atoms with van der Waals surface area (Å²) in [6, 6.07) is 2.01. The maximum Gasteiger partial charge on any atom is 0.0573 e. The van der Waals surface area contributed by atoms with Gasteiger partial charge in [-0.05, 0) is 24.3 Å². The van der Waals surface area contributed by atoms with Crippen molar-refractivity contribution in [2.45, 2.75) is 20.3 Å². The second-order valence-corrected chi connectivity index (χ2v) is 4.67. The second-order valence-electron chi connectivity index (χ2n) is 4.67. The van der Waals surface area contributed by atoms with Crippen LogP contribution >= 0.6 is 0 Å². The van der Waals surface area contributed by atoms with E-state index in [9.17, 15) is 0 Å². The van der Waals surface area contributed by atoms with Crippen molar-refractivity contribution in [2.75, 3.05) is 23.7 Å². The van der Waals surface area contributed by atoms with Crippen molar-refractivity contribution in [1.29, 1.82) is 0 Å². The van der Waals surface area contributed by atoms with Crippen LogP contribution in [-0.4, -0.2) is 18.1 Å². The number of piperidine rings is 1. The standard InChI is InChI=1S/C12H19N3/c1-9-3-4-15(8-10(9)2)12-5-11(13)6-14-7-12/h5-7,9-10H,3-4,8,13H2,1-2H3. The number of aromatic nitrogens is 1. The molecule has 2 atom stereocenters. The molecule has 0 bridgehead atoms. The van der Waals surface area contributed by atoms with Crippen molar-refractivity contribution >= 4 is 11.4 Å². The van der Waals surface area contributed by atoms with Crippen LogP contribution in [0.4, 0.5) is 11.4 Å². The third kappa shape index (κ3) is 2.22. The summed E-state index contributed by atoms with van der Waals surface area (Å²) in [5.74, 6) is 1.58. The van der Waals surface area contributed by atoms with Gasteiger partial charge in [-0.25, -0.2) is 0 Å². The topological polar surface area (TPSA) is 42.2 Å². The van der Waals surface area contributed by atoms with E-state index < -0.39 is 0 Å². The minimum Gasteiger partial charge on any atom is -0.397 e. The molecule has 2 rings (SSSR count). The Bertz CT molecular complexity index is 337. The first-order valence-electron chi connectivity index (χ1n) is 5.62. The van der Waals surface area contributed by atoms with E-state index in [2.05, 4.69) is 23.7 Å². The molecular weight excluding hydrogens is 186 g/mol. The first kappa shape index (κ1) is 10.3. The van der Waals surface area contributed by atoms with Crippen molar-refractivity contribution in [2.24, 2.45) is 11.8 Å². The lowest BCUT2D eigenvalue weighted by Gasteiger charge is -2.36. The van der Waals surface area contributed by atoms with E-state index in [4.69, 9.17) is 5.73 Å². The number of nitrogens with zero attached hydrogens (tertiary/aromatic N) is 2. The maximum absolute atomic E-state index is 5.74. The molecule has 1 aromatic rings. The summed E-state index contributed by atoms with van der Waals surface area (Å²) in [5, 5.41) is 0. The van der Waals surface area contributed by atoms with Crippen LogP contribution in [0.2, 0.25) is 0 Å². The van der Waals surface area contributed by atoms with Gasteiger partial charge >= 0.3 is 0 Å². The zero-order valence-corrected chi connectivity index (χ0v) is 9.48. The third-order valence-corrected chi connectivity index (χ3v) is 3.44. The highest BCUT2D eigenvalue weighted by molar-refractivity contribution is 5.53. The molecule has 3 heteroatoms. The lowest BCUT2D eigenvalue weighted by molar-refractivity contribution is 0.324. The van der Waals surface area contributed by atoms with Crippen LogP contribution in [0.15, 0.2) is 18.5 Å². The molecule has 82 valence electrons. The Morgan fingerprint density at radius 1 is 1.33 bits per heavy atom. The second kappa shape index (κ2) is 4.09. The Hall–Kier alpha value is -1.25. The molecule has 0 saturated carbocycles. The highest BCUT2D eigenvalue weighted by atomic mass is 15.1. The molecule has 2 unspecified atom stereocenters. The van der Waals surface area contributed by atoms with Crippen molar-refractivity contribution in [3.05, 3.63) is 18.5 Å². The molecule has 1 aliphatic rings. The van der Waals surface area contributed by atoms with Crippen LogP contribution in [0, 0.1) is 11.8 Å². The van der Waals surface area contributed by atoms with Gasteiger partial charge in [0.2, 0.25) is 0 Å². The number of hydrogen-bond acceptors (Lipinski definition) is 3. The molecule has 2 heterocycles. The van der Waals surface area contributed by atoms with Crippen LogP contribution in [0.1, 0.15) is 20.3 Å². The molecule has 0 spiro atoms. The van der Waals surface area contributed by atoms with Gasteiger partial charge < -0.3 is 10.6 Å². The average Bonchev–Trinajstić information content (AvgIpc) is 2.22. The number of nitrogen functional groups attached to an aromatic ring is 1. The van der Waals surface area contributed by atoms with Gasteiger partial charge in [0, 0.05) is 19.3 Å². The lowest BCUT2D eigenvalue weighted by atomic mass is 9.88. The Morgan fingerprint density at radius 2 is 2.13 bits per heavy atom. The Morgan fingerprint density at radius 3 is 2.80 bits per heavy atom. The van der Waals surface area contributed by atoms with Crippen molar-refractivity contribution in [3.8, 4) is 0 Å². The Balaban J connectivity index is 2.12. The molecule has 0 aliphatic carbocycles. The highest BCUT2D eigenvalue weighted by Crippen LogP contribution is 2.27. The van der Waals surface area contributed by atoms with E-state index in [1.54, 1.807) is 6.20 Å². The number of pyridine rings is 1. The van der Waals surface area contributed by atoms with Gasteiger partial charge in [0.15, 0.2) is 0 Å². The highest BCUT2D eigenvalue weighted by Gasteiger charge is 2.22. The first-order chi connectivity index (χ1) is 7.16. The molecule has 1 saturated heterocycles.